The minimum absolute atomic E-state index is 0.108. The summed E-state index contributed by atoms with van der Waals surface area (Å²) in [6.07, 6.45) is 5.84. The molecule has 2 aromatic heterocycles. The van der Waals surface area contributed by atoms with Crippen molar-refractivity contribution in [1.29, 1.82) is 0 Å². The monoisotopic (exact) mass is 444 g/mol. The number of nitrogens with one attached hydrogen (secondary N) is 1. The van der Waals surface area contributed by atoms with E-state index in [0.717, 1.165) is 24.8 Å². The fourth-order valence-electron chi connectivity index (χ4n) is 4.13. The van der Waals surface area contributed by atoms with Crippen LogP contribution in [0.1, 0.15) is 74.6 Å². The van der Waals surface area contributed by atoms with Gasteiger partial charge in [-0.3, -0.25) is 9.59 Å². The van der Waals surface area contributed by atoms with E-state index in [-0.39, 0.29) is 17.9 Å². The molecule has 1 saturated heterocycles. The molecule has 1 aliphatic heterocycles. The van der Waals surface area contributed by atoms with Crippen LogP contribution in [-0.4, -0.2) is 43.2 Å². The van der Waals surface area contributed by atoms with E-state index in [1.54, 1.807) is 26.2 Å². The molecule has 0 aliphatic carbocycles. The molecule has 8 nitrogen and oxygen atoms in total. The average Bonchev–Trinajstić information content (AvgIpc) is 2.83. The fraction of sp³-hybridized carbons (Fsp3) is 0.360. The summed E-state index contributed by atoms with van der Waals surface area (Å²) in [7, 11) is 0. The second kappa shape index (κ2) is 9.85. The maximum absolute atomic E-state index is 13.3. The summed E-state index contributed by atoms with van der Waals surface area (Å²) >= 11 is 0. The molecule has 170 valence electrons. The van der Waals surface area contributed by atoms with Crippen molar-refractivity contribution < 1.29 is 9.59 Å². The van der Waals surface area contributed by atoms with E-state index in [0.29, 0.717) is 47.3 Å². The van der Waals surface area contributed by atoms with E-state index < -0.39 is 0 Å². The molecule has 1 N–H and O–H groups in total. The van der Waals surface area contributed by atoms with Gasteiger partial charge in [0.05, 0.1) is 28.6 Å². The second-order valence-corrected chi connectivity index (χ2v) is 8.32. The Morgan fingerprint density at radius 3 is 2.42 bits per heavy atom. The Bertz CT molecular complexity index is 1160. The Morgan fingerprint density at radius 2 is 1.70 bits per heavy atom. The van der Waals surface area contributed by atoms with Crippen molar-refractivity contribution in [3.05, 3.63) is 82.5 Å². The molecule has 1 aliphatic rings. The summed E-state index contributed by atoms with van der Waals surface area (Å²) in [5, 5.41) is 2.92. The van der Waals surface area contributed by atoms with Gasteiger partial charge in [0.15, 0.2) is 5.82 Å². The van der Waals surface area contributed by atoms with Crippen molar-refractivity contribution in [2.75, 3.05) is 6.54 Å². The number of hydrogen-bond acceptors (Lipinski definition) is 6. The van der Waals surface area contributed by atoms with Gasteiger partial charge in [-0.1, -0.05) is 30.3 Å². The largest absolute Gasteiger partial charge is 0.348 e. The molecule has 1 atom stereocenters. The molecule has 2 amide bonds. The molecule has 3 aromatic rings. The first-order valence-electron chi connectivity index (χ1n) is 11.2. The normalized spacial score (nSPS) is 15.8. The van der Waals surface area contributed by atoms with Gasteiger partial charge in [-0.15, -0.1) is 0 Å². The molecular weight excluding hydrogens is 416 g/mol. The van der Waals surface area contributed by atoms with E-state index in [9.17, 15) is 9.59 Å². The van der Waals surface area contributed by atoms with E-state index in [2.05, 4.69) is 25.3 Å². The van der Waals surface area contributed by atoms with Gasteiger partial charge in [-0.2, -0.15) is 0 Å². The summed E-state index contributed by atoms with van der Waals surface area (Å²) in [6, 6.07) is 9.49. The maximum Gasteiger partial charge on any atom is 0.257 e. The third-order valence-corrected chi connectivity index (χ3v) is 5.93. The van der Waals surface area contributed by atoms with Crippen LogP contribution in [0.2, 0.25) is 0 Å². The first-order chi connectivity index (χ1) is 15.9. The van der Waals surface area contributed by atoms with Crippen molar-refractivity contribution in [3.8, 4) is 0 Å². The third-order valence-electron chi connectivity index (χ3n) is 5.93. The highest BCUT2D eigenvalue weighted by molar-refractivity contribution is 5.95. The summed E-state index contributed by atoms with van der Waals surface area (Å²) in [6.45, 7) is 6.49. The number of nitrogens with zero attached hydrogens (tertiary/aromatic N) is 5. The molecule has 1 aromatic carbocycles. The summed E-state index contributed by atoms with van der Waals surface area (Å²) < 4.78 is 0. The van der Waals surface area contributed by atoms with Crippen molar-refractivity contribution in [2.24, 2.45) is 0 Å². The van der Waals surface area contributed by atoms with Crippen LogP contribution in [0.5, 0.6) is 0 Å². The van der Waals surface area contributed by atoms with E-state index in [1.165, 1.54) is 0 Å². The Morgan fingerprint density at radius 1 is 0.970 bits per heavy atom. The number of rotatable bonds is 5. The Kier molecular flexibility index (Phi) is 6.72. The molecule has 8 heteroatoms. The topological polar surface area (TPSA) is 101 Å². The van der Waals surface area contributed by atoms with Gasteiger partial charge >= 0.3 is 0 Å². The number of hydrogen-bond donors (Lipinski definition) is 1. The Hall–Kier alpha value is -3.68. The number of aromatic nitrogens is 4. The maximum atomic E-state index is 13.3. The molecule has 33 heavy (non-hydrogen) atoms. The molecule has 0 saturated carbocycles. The van der Waals surface area contributed by atoms with Crippen LogP contribution < -0.4 is 5.32 Å². The second-order valence-electron chi connectivity index (χ2n) is 8.32. The molecule has 0 radical (unpaired) electrons. The van der Waals surface area contributed by atoms with Crippen molar-refractivity contribution in [1.82, 2.24) is 30.2 Å². The third kappa shape index (κ3) is 5.05. The predicted octanol–water partition coefficient (Wildman–Crippen LogP) is 3.49. The van der Waals surface area contributed by atoms with Gasteiger partial charge in [-0.05, 0) is 45.6 Å². The summed E-state index contributed by atoms with van der Waals surface area (Å²) in [5.41, 5.74) is 3.22. The van der Waals surface area contributed by atoms with Gasteiger partial charge < -0.3 is 10.2 Å². The fourth-order valence-corrected chi connectivity index (χ4v) is 4.13. The molecule has 4 rings (SSSR count). The Labute approximate surface area is 193 Å². The quantitative estimate of drug-likeness (QED) is 0.646. The van der Waals surface area contributed by atoms with E-state index in [1.807, 2.05) is 42.2 Å². The highest BCUT2D eigenvalue weighted by atomic mass is 16.2. The van der Waals surface area contributed by atoms with Crippen LogP contribution in [0.25, 0.3) is 0 Å². The standard InChI is InChI=1S/C25H28N6O2/c1-16-20(24(32)28-13-19-9-5-4-6-10-19)14-27-23(30-16)22-11-7-8-12-31(22)25(33)21-15-26-18(3)29-17(21)2/h4-6,9-10,14-15,22H,7-8,11-13H2,1-3H3,(H,28,32)/t22-/m0/s1. The number of amides is 2. The molecular formula is C25H28N6O2. The molecule has 3 heterocycles. The zero-order valence-corrected chi connectivity index (χ0v) is 19.2. The predicted molar refractivity (Wildman–Crippen MR) is 124 cm³/mol. The first-order valence-corrected chi connectivity index (χ1v) is 11.2. The van der Waals surface area contributed by atoms with Crippen LogP contribution in [0, 0.1) is 20.8 Å². The Balaban J connectivity index is 1.52. The SMILES string of the molecule is Cc1ncc(C(=O)N2CCCC[C@H]2c2ncc(C(=O)NCc3ccccc3)c(C)n2)c(C)n1. The van der Waals surface area contributed by atoms with Crippen LogP contribution in [-0.2, 0) is 6.54 Å². The number of carbonyl (C=O) groups is 2. The van der Waals surface area contributed by atoms with Crippen molar-refractivity contribution in [2.45, 2.75) is 52.6 Å². The number of carbonyl (C=O) groups excluding carboxylic acids is 2. The number of likely N-dealkylation sites (tertiary alicyclic amines) is 1. The van der Waals surface area contributed by atoms with Crippen molar-refractivity contribution >= 4 is 11.8 Å². The van der Waals surface area contributed by atoms with Crippen molar-refractivity contribution in [3.63, 3.8) is 0 Å². The molecule has 0 unspecified atom stereocenters. The van der Waals surface area contributed by atoms with Crippen LogP contribution >= 0.6 is 0 Å². The number of piperidine rings is 1. The van der Waals surface area contributed by atoms with Crippen LogP contribution in [0.4, 0.5) is 0 Å². The minimum Gasteiger partial charge on any atom is -0.348 e. The highest BCUT2D eigenvalue weighted by Crippen LogP contribution is 2.31. The van der Waals surface area contributed by atoms with Gasteiger partial charge in [-0.25, -0.2) is 19.9 Å². The molecule has 0 spiro atoms. The molecule has 0 bridgehead atoms. The molecule has 1 fully saturated rings. The van der Waals surface area contributed by atoms with Crippen LogP contribution in [0.15, 0.2) is 42.7 Å². The lowest BCUT2D eigenvalue weighted by atomic mass is 9.99. The zero-order valence-electron chi connectivity index (χ0n) is 19.2. The number of benzene rings is 1. The van der Waals surface area contributed by atoms with Gasteiger partial charge in [0.1, 0.15) is 5.82 Å². The average molecular weight is 445 g/mol. The smallest absolute Gasteiger partial charge is 0.257 e. The first kappa shape index (κ1) is 22.5. The highest BCUT2D eigenvalue weighted by Gasteiger charge is 2.32. The van der Waals surface area contributed by atoms with Gasteiger partial charge in [0.25, 0.3) is 11.8 Å². The summed E-state index contributed by atoms with van der Waals surface area (Å²) in [4.78, 5) is 45.5. The minimum atomic E-state index is -0.243. The zero-order chi connectivity index (χ0) is 23.4. The van der Waals surface area contributed by atoms with Gasteiger partial charge in [0, 0.05) is 25.5 Å². The van der Waals surface area contributed by atoms with E-state index >= 15 is 0 Å². The lowest BCUT2D eigenvalue weighted by Gasteiger charge is -2.35. The lowest BCUT2D eigenvalue weighted by molar-refractivity contribution is 0.0597. The van der Waals surface area contributed by atoms with Crippen LogP contribution in [0.3, 0.4) is 0 Å². The lowest BCUT2D eigenvalue weighted by Crippen LogP contribution is -2.40. The van der Waals surface area contributed by atoms with E-state index in [4.69, 9.17) is 0 Å². The summed E-state index contributed by atoms with van der Waals surface area (Å²) in [5.74, 6) is 0.875. The number of aryl methyl sites for hydroxylation is 3. The van der Waals surface area contributed by atoms with Gasteiger partial charge in [0.2, 0.25) is 0 Å².